The summed E-state index contributed by atoms with van der Waals surface area (Å²) < 4.78 is 9.85. The molecule has 0 aromatic carbocycles. The van der Waals surface area contributed by atoms with Crippen LogP contribution in [-0.2, 0) is 18.8 Å². The second-order valence-electron chi connectivity index (χ2n) is 6.79. The third-order valence-corrected chi connectivity index (χ3v) is 5.18. The number of rotatable bonds is 3. The lowest BCUT2D eigenvalue weighted by Gasteiger charge is -2.34. The van der Waals surface area contributed by atoms with Gasteiger partial charge in [-0.05, 0) is 22.0 Å². The number of nitrogens with zero attached hydrogens (tertiary/aromatic N) is 3. The summed E-state index contributed by atoms with van der Waals surface area (Å²) in [6, 6.07) is 5.35. The van der Waals surface area contributed by atoms with E-state index >= 15 is 0 Å². The van der Waals surface area contributed by atoms with Crippen LogP contribution in [0.1, 0.15) is 10.4 Å². The summed E-state index contributed by atoms with van der Waals surface area (Å²) in [5.41, 5.74) is 0.980. The average molecular weight is 423 g/mol. The van der Waals surface area contributed by atoms with Crippen LogP contribution in [0.15, 0.2) is 39.9 Å². The van der Waals surface area contributed by atoms with E-state index in [1.165, 1.54) is 4.57 Å². The fourth-order valence-electron chi connectivity index (χ4n) is 3.02. The van der Waals surface area contributed by atoms with E-state index in [1.807, 2.05) is 24.7 Å². The highest BCUT2D eigenvalue weighted by atomic mass is 79.9. The largest absolute Gasteiger partial charge is 0.370 e. The zero-order valence-electron chi connectivity index (χ0n) is 15.2. The van der Waals surface area contributed by atoms with Crippen molar-refractivity contribution >= 4 is 33.3 Å². The maximum Gasteiger partial charge on any atom is 0.349 e. The number of likely N-dealkylation sites (N-methyl/N-ethyl adjacent to an activating group) is 1. The van der Waals surface area contributed by atoms with Gasteiger partial charge in [-0.25, -0.2) is 14.7 Å². The molecule has 3 rings (SSSR count). The third kappa shape index (κ3) is 3.72. The van der Waals surface area contributed by atoms with Crippen LogP contribution in [0.3, 0.4) is 0 Å². The van der Waals surface area contributed by atoms with Gasteiger partial charge in [0, 0.05) is 29.8 Å². The van der Waals surface area contributed by atoms with Crippen molar-refractivity contribution < 1.29 is 18.6 Å². The molecule has 1 saturated heterocycles. The number of quaternary nitrogens is 1. The van der Waals surface area contributed by atoms with Crippen LogP contribution in [0.2, 0.25) is 0 Å². The lowest BCUT2D eigenvalue weighted by Crippen LogP contribution is -2.56. The predicted molar refractivity (Wildman–Crippen MR) is 101 cm³/mol. The highest BCUT2D eigenvalue weighted by molar-refractivity contribution is 9.10. The van der Waals surface area contributed by atoms with Crippen LogP contribution in [0.4, 0.5) is 11.5 Å². The van der Waals surface area contributed by atoms with E-state index in [1.54, 1.807) is 31.6 Å². The normalized spacial score (nSPS) is 16.3. The smallest absolute Gasteiger partial charge is 0.349 e. The predicted octanol–water partition coefficient (Wildman–Crippen LogP) is 1.33. The van der Waals surface area contributed by atoms with E-state index in [-0.39, 0.29) is 11.5 Å². The Morgan fingerprint density at radius 3 is 2.69 bits per heavy atom. The molecule has 0 spiro atoms. The second kappa shape index (κ2) is 7.30. The first-order valence-electron chi connectivity index (χ1n) is 8.40. The summed E-state index contributed by atoms with van der Waals surface area (Å²) in [6.45, 7) is 2.55. The molecule has 1 aliphatic rings. The molecule has 3 heterocycles. The molecule has 1 amide bonds. The number of nitrogens with one attached hydrogen (secondary N) is 1. The molecule has 2 aromatic heterocycles. The van der Waals surface area contributed by atoms with E-state index in [9.17, 15) is 9.59 Å². The summed E-state index contributed by atoms with van der Waals surface area (Å²) in [6.07, 6.45) is 3.51. The number of hydrogen-bond donors (Lipinski definition) is 1. The second-order valence-corrected chi connectivity index (χ2v) is 7.70. The number of carbonyl (C=O) groups is 1. The van der Waals surface area contributed by atoms with Gasteiger partial charge in [0.05, 0.1) is 27.3 Å². The Labute approximate surface area is 160 Å². The first-order valence-corrected chi connectivity index (χ1v) is 9.19. The lowest BCUT2D eigenvalue weighted by atomic mass is 10.2. The Bertz CT molecular complexity index is 904. The molecular formula is C18H23BrN4O3+2. The number of carbonyl (C=O) groups excluding carboxylic acids is 1. The van der Waals surface area contributed by atoms with Gasteiger partial charge in [0.1, 0.15) is 24.8 Å². The standard InChI is InChI=1S/C18H22BrN4O3/c1-21-11-13(18(25)23(3)6-8-26-9-7-23)4-5-16(21)20-15-10-14(19)12-22(2)17(15)24/h4-5,10-12H,6-9H2,1-3H3/q+1/p+1. The van der Waals surface area contributed by atoms with Crippen LogP contribution in [0.25, 0.3) is 0 Å². The maximum atomic E-state index is 12.9. The monoisotopic (exact) mass is 422 g/mol. The van der Waals surface area contributed by atoms with Crippen molar-refractivity contribution in [2.45, 2.75) is 0 Å². The van der Waals surface area contributed by atoms with Gasteiger partial charge in [0.15, 0.2) is 5.69 Å². The Kier molecular flexibility index (Phi) is 5.27. The molecule has 0 aliphatic carbocycles. The zero-order chi connectivity index (χ0) is 18.9. The molecule has 0 radical (unpaired) electrons. The van der Waals surface area contributed by atoms with Crippen LogP contribution < -0.4 is 15.4 Å². The van der Waals surface area contributed by atoms with Crippen molar-refractivity contribution in [3.8, 4) is 0 Å². The fraction of sp³-hybridized carbons (Fsp3) is 0.389. The number of aryl methyl sites for hydroxylation is 2. The molecule has 1 aliphatic heterocycles. The van der Waals surface area contributed by atoms with Crippen LogP contribution in [-0.4, -0.2) is 48.3 Å². The Balaban J connectivity index is 1.86. The van der Waals surface area contributed by atoms with Gasteiger partial charge in [-0.15, -0.1) is 0 Å². The summed E-state index contributed by atoms with van der Waals surface area (Å²) in [5.74, 6) is 0.801. The Morgan fingerprint density at radius 2 is 2.04 bits per heavy atom. The van der Waals surface area contributed by atoms with Gasteiger partial charge in [-0.1, -0.05) is 0 Å². The van der Waals surface area contributed by atoms with Crippen molar-refractivity contribution in [2.75, 3.05) is 38.7 Å². The Morgan fingerprint density at radius 1 is 1.35 bits per heavy atom. The van der Waals surface area contributed by atoms with Crippen molar-refractivity contribution in [1.82, 2.24) is 4.57 Å². The number of hydrogen-bond acceptors (Lipinski definition) is 4. The minimum absolute atomic E-state index is 0.0776. The molecule has 2 aromatic rings. The van der Waals surface area contributed by atoms with Gasteiger partial charge in [-0.3, -0.25) is 9.28 Å². The molecule has 0 unspecified atom stereocenters. The quantitative estimate of drug-likeness (QED) is 0.598. The highest BCUT2D eigenvalue weighted by Gasteiger charge is 2.35. The molecule has 8 heteroatoms. The van der Waals surface area contributed by atoms with Gasteiger partial charge >= 0.3 is 5.91 Å². The summed E-state index contributed by atoms with van der Waals surface area (Å²) in [5, 5.41) is 3.14. The molecule has 0 saturated carbocycles. The first-order chi connectivity index (χ1) is 12.3. The van der Waals surface area contributed by atoms with Crippen molar-refractivity contribution in [2.24, 2.45) is 14.1 Å². The van der Waals surface area contributed by atoms with Gasteiger partial charge in [-0.2, -0.15) is 0 Å². The van der Waals surface area contributed by atoms with Gasteiger partial charge in [0.25, 0.3) is 11.4 Å². The van der Waals surface area contributed by atoms with Gasteiger partial charge < -0.3 is 9.30 Å². The first kappa shape index (κ1) is 18.8. The molecule has 0 bridgehead atoms. The van der Waals surface area contributed by atoms with Crippen LogP contribution in [0.5, 0.6) is 0 Å². The van der Waals surface area contributed by atoms with Crippen molar-refractivity contribution in [3.63, 3.8) is 0 Å². The number of ether oxygens (including phenoxy) is 1. The molecular weight excluding hydrogens is 400 g/mol. The van der Waals surface area contributed by atoms with Crippen molar-refractivity contribution in [3.05, 3.63) is 51.0 Å². The van der Waals surface area contributed by atoms with Crippen LogP contribution in [0, 0.1) is 0 Å². The topological polar surface area (TPSA) is 64.2 Å². The highest BCUT2D eigenvalue weighted by Crippen LogP contribution is 2.17. The number of halogens is 1. The number of amides is 1. The summed E-state index contributed by atoms with van der Waals surface area (Å²) in [4.78, 5) is 25.2. The average Bonchev–Trinajstić information content (AvgIpc) is 2.61. The number of aromatic nitrogens is 2. The fourth-order valence-corrected chi connectivity index (χ4v) is 3.56. The van der Waals surface area contributed by atoms with E-state index in [0.29, 0.717) is 42.0 Å². The molecule has 26 heavy (non-hydrogen) atoms. The van der Waals surface area contributed by atoms with Gasteiger partial charge in [0.2, 0.25) is 0 Å². The van der Waals surface area contributed by atoms with Crippen LogP contribution >= 0.6 is 15.9 Å². The summed E-state index contributed by atoms with van der Waals surface area (Å²) >= 11 is 3.40. The Hall–Kier alpha value is -2.03. The third-order valence-electron chi connectivity index (χ3n) is 4.74. The SMILES string of the molecule is Cn1cc(Br)cc(Nc2ccc(C(=O)[N+]3(C)CCOCC3)c[n+]2C)c1=O. The molecule has 0 atom stereocenters. The van der Waals surface area contributed by atoms with Crippen molar-refractivity contribution in [1.29, 1.82) is 0 Å². The number of pyridine rings is 2. The molecule has 1 N–H and O–H groups in total. The summed E-state index contributed by atoms with van der Waals surface area (Å²) in [7, 11) is 5.50. The van der Waals surface area contributed by atoms with E-state index in [4.69, 9.17) is 4.74 Å². The van der Waals surface area contributed by atoms with E-state index < -0.39 is 0 Å². The molecule has 1 fully saturated rings. The lowest BCUT2D eigenvalue weighted by molar-refractivity contribution is -0.838. The molecule has 138 valence electrons. The maximum absolute atomic E-state index is 12.9. The number of morpholine rings is 1. The zero-order valence-corrected chi connectivity index (χ0v) is 16.7. The minimum Gasteiger partial charge on any atom is -0.370 e. The van der Waals surface area contributed by atoms with E-state index in [2.05, 4.69) is 21.2 Å². The number of anilines is 2. The van der Waals surface area contributed by atoms with E-state index in [0.717, 1.165) is 10.3 Å². The minimum atomic E-state index is -0.125. The molecule has 7 nitrogen and oxygen atoms in total.